The third-order valence-electron chi connectivity index (χ3n) is 3.20. The standard InChI is InChI=1S/C13H27NO2/c1-4-14-11(2)9-12(3)16-10-13-5-7-15-8-6-13/h11-14H,4-10H2,1-3H3. The van der Waals surface area contributed by atoms with Gasteiger partial charge in [0.2, 0.25) is 0 Å². The van der Waals surface area contributed by atoms with Gasteiger partial charge in [-0.05, 0) is 45.6 Å². The van der Waals surface area contributed by atoms with Gasteiger partial charge in [-0.15, -0.1) is 0 Å². The van der Waals surface area contributed by atoms with Crippen LogP contribution in [0.2, 0.25) is 0 Å². The van der Waals surface area contributed by atoms with Crippen LogP contribution in [-0.4, -0.2) is 38.5 Å². The molecule has 0 aromatic heterocycles. The predicted octanol–water partition coefficient (Wildman–Crippen LogP) is 2.21. The van der Waals surface area contributed by atoms with Gasteiger partial charge in [0.15, 0.2) is 0 Å². The van der Waals surface area contributed by atoms with Crippen LogP contribution in [0.25, 0.3) is 0 Å². The van der Waals surface area contributed by atoms with E-state index < -0.39 is 0 Å². The minimum Gasteiger partial charge on any atom is -0.381 e. The van der Waals surface area contributed by atoms with Gasteiger partial charge in [-0.25, -0.2) is 0 Å². The SMILES string of the molecule is CCNC(C)CC(C)OCC1CCOCC1. The lowest BCUT2D eigenvalue weighted by Crippen LogP contribution is -2.31. The van der Waals surface area contributed by atoms with Crippen LogP contribution in [0.4, 0.5) is 0 Å². The average molecular weight is 229 g/mol. The molecule has 1 aliphatic heterocycles. The van der Waals surface area contributed by atoms with Crippen LogP contribution < -0.4 is 5.32 Å². The second-order valence-electron chi connectivity index (χ2n) is 4.89. The summed E-state index contributed by atoms with van der Waals surface area (Å²) in [6.45, 7) is 10.3. The lowest BCUT2D eigenvalue weighted by atomic mass is 10.0. The van der Waals surface area contributed by atoms with Crippen molar-refractivity contribution in [3.8, 4) is 0 Å². The van der Waals surface area contributed by atoms with E-state index in [9.17, 15) is 0 Å². The van der Waals surface area contributed by atoms with E-state index >= 15 is 0 Å². The topological polar surface area (TPSA) is 30.5 Å². The summed E-state index contributed by atoms with van der Waals surface area (Å²) in [6.07, 6.45) is 3.78. The van der Waals surface area contributed by atoms with E-state index in [-0.39, 0.29) is 0 Å². The molecule has 16 heavy (non-hydrogen) atoms. The number of ether oxygens (including phenoxy) is 2. The predicted molar refractivity (Wildman–Crippen MR) is 66.7 cm³/mol. The van der Waals surface area contributed by atoms with Crippen LogP contribution in [-0.2, 0) is 9.47 Å². The summed E-state index contributed by atoms with van der Waals surface area (Å²) in [5.74, 6) is 0.714. The Hall–Kier alpha value is -0.120. The van der Waals surface area contributed by atoms with Crippen molar-refractivity contribution < 1.29 is 9.47 Å². The molecule has 0 amide bonds. The molecule has 1 N–H and O–H groups in total. The van der Waals surface area contributed by atoms with Crippen molar-refractivity contribution in [2.75, 3.05) is 26.4 Å². The smallest absolute Gasteiger partial charge is 0.0561 e. The van der Waals surface area contributed by atoms with Gasteiger partial charge < -0.3 is 14.8 Å². The molecule has 0 bridgehead atoms. The Morgan fingerprint density at radius 2 is 2.00 bits per heavy atom. The number of hydrogen-bond donors (Lipinski definition) is 1. The third kappa shape index (κ3) is 5.83. The first kappa shape index (κ1) is 13.9. The van der Waals surface area contributed by atoms with Gasteiger partial charge in [0.05, 0.1) is 6.10 Å². The molecule has 1 fully saturated rings. The number of rotatable bonds is 7. The Morgan fingerprint density at radius 3 is 2.62 bits per heavy atom. The zero-order valence-corrected chi connectivity index (χ0v) is 11.0. The van der Waals surface area contributed by atoms with Crippen molar-refractivity contribution in [3.05, 3.63) is 0 Å². The van der Waals surface area contributed by atoms with E-state index in [1.54, 1.807) is 0 Å². The second-order valence-corrected chi connectivity index (χ2v) is 4.89. The Labute approximate surface area is 99.9 Å². The van der Waals surface area contributed by atoms with Gasteiger partial charge in [-0.2, -0.15) is 0 Å². The molecule has 2 atom stereocenters. The summed E-state index contributed by atoms with van der Waals surface area (Å²) >= 11 is 0. The number of hydrogen-bond acceptors (Lipinski definition) is 3. The molecule has 3 heteroatoms. The Balaban J connectivity index is 2.06. The molecule has 2 unspecified atom stereocenters. The fourth-order valence-corrected chi connectivity index (χ4v) is 2.21. The van der Waals surface area contributed by atoms with Gasteiger partial charge in [-0.1, -0.05) is 6.92 Å². The quantitative estimate of drug-likeness (QED) is 0.726. The molecule has 0 saturated carbocycles. The van der Waals surface area contributed by atoms with E-state index in [1.165, 1.54) is 0 Å². The lowest BCUT2D eigenvalue weighted by molar-refractivity contribution is -0.00948. The van der Waals surface area contributed by atoms with Crippen LogP contribution in [0.1, 0.15) is 40.0 Å². The summed E-state index contributed by atoms with van der Waals surface area (Å²) in [6, 6.07) is 0.551. The highest BCUT2D eigenvalue weighted by Crippen LogP contribution is 2.16. The molecule has 3 nitrogen and oxygen atoms in total. The summed E-state index contributed by atoms with van der Waals surface area (Å²) in [7, 11) is 0. The van der Waals surface area contributed by atoms with E-state index in [4.69, 9.17) is 9.47 Å². The second kappa shape index (κ2) is 8.04. The van der Waals surface area contributed by atoms with Crippen LogP contribution in [0.15, 0.2) is 0 Å². The molecule has 96 valence electrons. The summed E-state index contributed by atoms with van der Waals surface area (Å²) in [5, 5.41) is 3.41. The molecular formula is C13H27NO2. The minimum absolute atomic E-state index is 0.358. The van der Waals surface area contributed by atoms with Crippen molar-refractivity contribution in [2.24, 2.45) is 5.92 Å². The zero-order valence-electron chi connectivity index (χ0n) is 11.0. The highest BCUT2D eigenvalue weighted by atomic mass is 16.5. The maximum Gasteiger partial charge on any atom is 0.0561 e. The summed E-state index contributed by atoms with van der Waals surface area (Å²) in [4.78, 5) is 0. The Kier molecular flexibility index (Phi) is 7.01. The third-order valence-corrected chi connectivity index (χ3v) is 3.20. The highest BCUT2D eigenvalue weighted by molar-refractivity contribution is 4.66. The molecular weight excluding hydrogens is 202 g/mol. The van der Waals surface area contributed by atoms with Gasteiger partial charge in [0.25, 0.3) is 0 Å². The zero-order chi connectivity index (χ0) is 11.8. The van der Waals surface area contributed by atoms with Crippen molar-refractivity contribution >= 4 is 0 Å². The largest absolute Gasteiger partial charge is 0.381 e. The van der Waals surface area contributed by atoms with Crippen molar-refractivity contribution in [3.63, 3.8) is 0 Å². The fraction of sp³-hybridized carbons (Fsp3) is 1.00. The molecule has 1 heterocycles. The molecule has 0 aliphatic carbocycles. The number of nitrogens with one attached hydrogen (secondary N) is 1. The lowest BCUT2D eigenvalue weighted by Gasteiger charge is -2.25. The molecule has 0 spiro atoms. The van der Waals surface area contributed by atoms with Gasteiger partial charge in [-0.3, -0.25) is 0 Å². The first-order chi connectivity index (χ1) is 7.72. The van der Waals surface area contributed by atoms with E-state index in [2.05, 4.69) is 26.1 Å². The summed E-state index contributed by atoms with van der Waals surface area (Å²) in [5.41, 5.74) is 0. The first-order valence-corrected chi connectivity index (χ1v) is 6.65. The Bertz CT molecular complexity index is 169. The summed E-state index contributed by atoms with van der Waals surface area (Å²) < 4.78 is 11.2. The molecule has 1 rings (SSSR count). The van der Waals surface area contributed by atoms with Gasteiger partial charge in [0, 0.05) is 25.9 Å². The van der Waals surface area contributed by atoms with E-state index in [1.807, 2.05) is 0 Å². The normalized spacial score (nSPS) is 21.9. The van der Waals surface area contributed by atoms with Crippen molar-refractivity contribution in [2.45, 2.75) is 52.2 Å². The molecule has 0 aromatic carbocycles. The van der Waals surface area contributed by atoms with Crippen molar-refractivity contribution in [1.82, 2.24) is 5.32 Å². The van der Waals surface area contributed by atoms with Crippen molar-refractivity contribution in [1.29, 1.82) is 0 Å². The Morgan fingerprint density at radius 1 is 1.31 bits per heavy atom. The van der Waals surface area contributed by atoms with Crippen LogP contribution >= 0.6 is 0 Å². The molecule has 0 radical (unpaired) electrons. The fourth-order valence-electron chi connectivity index (χ4n) is 2.21. The van der Waals surface area contributed by atoms with Crippen LogP contribution in [0.3, 0.4) is 0 Å². The first-order valence-electron chi connectivity index (χ1n) is 6.65. The van der Waals surface area contributed by atoms with Crippen LogP contribution in [0, 0.1) is 5.92 Å². The molecule has 1 saturated heterocycles. The maximum atomic E-state index is 5.90. The molecule has 0 aromatic rings. The van der Waals surface area contributed by atoms with Crippen LogP contribution in [0.5, 0.6) is 0 Å². The van der Waals surface area contributed by atoms with E-state index in [0.717, 1.165) is 45.6 Å². The minimum atomic E-state index is 0.358. The van der Waals surface area contributed by atoms with Gasteiger partial charge in [0.1, 0.15) is 0 Å². The van der Waals surface area contributed by atoms with E-state index in [0.29, 0.717) is 18.1 Å². The average Bonchev–Trinajstić information content (AvgIpc) is 2.28. The van der Waals surface area contributed by atoms with Gasteiger partial charge >= 0.3 is 0 Å². The maximum absolute atomic E-state index is 5.90. The highest BCUT2D eigenvalue weighted by Gasteiger charge is 2.16. The monoisotopic (exact) mass is 229 g/mol. The molecule has 1 aliphatic rings.